The molecule has 0 heterocycles. The van der Waals surface area contributed by atoms with Gasteiger partial charge in [-0.15, -0.1) is 0 Å². The predicted octanol–water partition coefficient (Wildman–Crippen LogP) is 1.03. The van der Waals surface area contributed by atoms with E-state index in [4.69, 9.17) is 5.11 Å². The maximum absolute atomic E-state index is 13.7. The zero-order chi connectivity index (χ0) is 15.1. The van der Waals surface area contributed by atoms with Crippen LogP contribution in [0.25, 0.3) is 6.08 Å². The molecule has 1 atom stereocenters. The molecule has 0 aliphatic heterocycles. The summed E-state index contributed by atoms with van der Waals surface area (Å²) in [5.41, 5.74) is 0.204. The summed E-state index contributed by atoms with van der Waals surface area (Å²) in [6.45, 7) is 0.196. The van der Waals surface area contributed by atoms with Crippen molar-refractivity contribution in [2.45, 2.75) is 0 Å². The van der Waals surface area contributed by atoms with Crippen molar-refractivity contribution < 1.29 is 23.3 Å². The number of carbonyl (C=O) groups excluding carboxylic acids is 1. The standard InChI is InChI=1S/C13H14FNO4S/c1-20(19)7-6-15-13(18)10-4-2-9(8-11(10)14)3-5-12(16)17/h2-5,8H,6-7H2,1H3,(H,15,18)(H,16,17)/b5-3+. The third-order valence-electron chi connectivity index (χ3n) is 2.33. The van der Waals surface area contributed by atoms with Crippen molar-refractivity contribution in [3.63, 3.8) is 0 Å². The van der Waals surface area contributed by atoms with Gasteiger partial charge in [0.15, 0.2) is 0 Å². The van der Waals surface area contributed by atoms with Crippen LogP contribution in [0.2, 0.25) is 0 Å². The van der Waals surface area contributed by atoms with Crippen LogP contribution in [0.4, 0.5) is 4.39 Å². The van der Waals surface area contributed by atoms with Crippen molar-refractivity contribution in [3.05, 3.63) is 41.2 Å². The Hall–Kier alpha value is -2.02. The molecule has 1 rings (SSSR count). The Balaban J connectivity index is 2.74. The highest BCUT2D eigenvalue weighted by atomic mass is 32.2. The third kappa shape index (κ3) is 5.31. The fourth-order valence-corrected chi connectivity index (χ4v) is 1.78. The van der Waals surface area contributed by atoms with E-state index in [2.05, 4.69) is 5.32 Å². The average molecular weight is 299 g/mol. The lowest BCUT2D eigenvalue weighted by Gasteiger charge is -2.05. The lowest BCUT2D eigenvalue weighted by atomic mass is 10.1. The van der Waals surface area contributed by atoms with Crippen LogP contribution in [0.3, 0.4) is 0 Å². The Morgan fingerprint density at radius 1 is 1.45 bits per heavy atom. The van der Waals surface area contributed by atoms with Crippen molar-refractivity contribution in [2.75, 3.05) is 18.6 Å². The highest BCUT2D eigenvalue weighted by molar-refractivity contribution is 7.84. The van der Waals surface area contributed by atoms with E-state index in [1.807, 2.05) is 0 Å². The van der Waals surface area contributed by atoms with Crippen molar-refractivity contribution in [1.29, 1.82) is 0 Å². The summed E-state index contributed by atoms with van der Waals surface area (Å²) in [5.74, 6) is -2.18. The molecule has 0 spiro atoms. The summed E-state index contributed by atoms with van der Waals surface area (Å²) in [5, 5.41) is 10.9. The van der Waals surface area contributed by atoms with Gasteiger partial charge < -0.3 is 10.4 Å². The number of hydrogen-bond acceptors (Lipinski definition) is 3. The van der Waals surface area contributed by atoms with Gasteiger partial charge in [-0.2, -0.15) is 0 Å². The Kier molecular flexibility index (Phi) is 6.05. The summed E-state index contributed by atoms with van der Waals surface area (Å²) in [4.78, 5) is 22.0. The summed E-state index contributed by atoms with van der Waals surface area (Å²) < 4.78 is 24.5. The summed E-state index contributed by atoms with van der Waals surface area (Å²) in [6.07, 6.45) is 3.62. The highest BCUT2D eigenvalue weighted by Crippen LogP contribution is 2.11. The summed E-state index contributed by atoms with van der Waals surface area (Å²) in [6, 6.07) is 3.79. The zero-order valence-corrected chi connectivity index (χ0v) is 11.6. The largest absolute Gasteiger partial charge is 0.478 e. The number of nitrogens with one attached hydrogen (secondary N) is 1. The Labute approximate surface area is 118 Å². The molecule has 1 aromatic carbocycles. The van der Waals surface area contributed by atoms with E-state index in [9.17, 15) is 18.2 Å². The second-order valence-electron chi connectivity index (χ2n) is 3.94. The average Bonchev–Trinajstić information content (AvgIpc) is 2.35. The first-order valence-electron chi connectivity index (χ1n) is 5.69. The molecule has 0 aromatic heterocycles. The molecule has 108 valence electrons. The predicted molar refractivity (Wildman–Crippen MR) is 74.3 cm³/mol. The third-order valence-corrected chi connectivity index (χ3v) is 3.11. The van der Waals surface area contributed by atoms with Gasteiger partial charge in [0.1, 0.15) is 5.82 Å². The molecule has 0 saturated carbocycles. The van der Waals surface area contributed by atoms with Crippen molar-refractivity contribution >= 4 is 28.8 Å². The highest BCUT2D eigenvalue weighted by Gasteiger charge is 2.11. The number of hydrogen-bond donors (Lipinski definition) is 2. The SMILES string of the molecule is CS(=O)CCNC(=O)c1ccc(/C=C/C(=O)O)cc1F. The number of aliphatic carboxylic acids is 1. The van der Waals surface area contributed by atoms with Crippen LogP contribution in [-0.4, -0.2) is 39.7 Å². The molecule has 7 heteroatoms. The van der Waals surface area contributed by atoms with Crippen LogP contribution in [0.1, 0.15) is 15.9 Å². The monoisotopic (exact) mass is 299 g/mol. The number of halogens is 1. The number of rotatable bonds is 6. The normalized spacial score (nSPS) is 12.3. The van der Waals surface area contributed by atoms with Crippen LogP contribution >= 0.6 is 0 Å². The Morgan fingerprint density at radius 3 is 2.70 bits per heavy atom. The molecule has 0 fully saturated rings. The maximum Gasteiger partial charge on any atom is 0.328 e. The lowest BCUT2D eigenvalue weighted by Crippen LogP contribution is -2.28. The topological polar surface area (TPSA) is 83.5 Å². The van der Waals surface area contributed by atoms with Crippen LogP contribution < -0.4 is 5.32 Å². The molecule has 0 aliphatic carbocycles. The van der Waals surface area contributed by atoms with Gasteiger partial charge in [0.05, 0.1) is 5.56 Å². The van der Waals surface area contributed by atoms with E-state index in [0.29, 0.717) is 11.3 Å². The number of carbonyl (C=O) groups is 2. The molecular formula is C13H14FNO4S. The Bertz CT molecular complexity index is 571. The molecule has 1 aromatic rings. The quantitative estimate of drug-likeness (QED) is 0.769. The number of benzene rings is 1. The van der Waals surface area contributed by atoms with Crippen LogP contribution in [-0.2, 0) is 15.6 Å². The fourth-order valence-electron chi connectivity index (χ4n) is 1.39. The zero-order valence-electron chi connectivity index (χ0n) is 10.8. The van der Waals surface area contributed by atoms with E-state index in [1.54, 1.807) is 0 Å². The lowest BCUT2D eigenvalue weighted by molar-refractivity contribution is -0.131. The minimum Gasteiger partial charge on any atom is -0.478 e. The second-order valence-corrected chi connectivity index (χ2v) is 5.50. The molecule has 1 unspecified atom stereocenters. The molecule has 0 bridgehead atoms. The number of carboxylic acid groups (broad SMARTS) is 1. The molecule has 20 heavy (non-hydrogen) atoms. The summed E-state index contributed by atoms with van der Waals surface area (Å²) >= 11 is 0. The van der Waals surface area contributed by atoms with E-state index in [1.165, 1.54) is 24.5 Å². The van der Waals surface area contributed by atoms with Crippen molar-refractivity contribution in [3.8, 4) is 0 Å². The van der Waals surface area contributed by atoms with Gasteiger partial charge in [-0.05, 0) is 23.8 Å². The van der Waals surface area contributed by atoms with E-state index < -0.39 is 28.5 Å². The van der Waals surface area contributed by atoms with Gasteiger partial charge in [-0.25, -0.2) is 9.18 Å². The van der Waals surface area contributed by atoms with Crippen LogP contribution in [0.15, 0.2) is 24.3 Å². The van der Waals surface area contributed by atoms with Gasteiger partial charge in [0, 0.05) is 35.4 Å². The molecular weight excluding hydrogens is 285 g/mol. The number of amides is 1. The summed E-state index contributed by atoms with van der Waals surface area (Å²) in [7, 11) is -1.03. The van der Waals surface area contributed by atoms with Gasteiger partial charge in [0.25, 0.3) is 5.91 Å². The van der Waals surface area contributed by atoms with Gasteiger partial charge in [-0.3, -0.25) is 9.00 Å². The fraction of sp³-hybridized carbons (Fsp3) is 0.231. The first kappa shape index (κ1) is 16.0. The molecule has 2 N–H and O–H groups in total. The van der Waals surface area contributed by atoms with Crippen molar-refractivity contribution in [1.82, 2.24) is 5.32 Å². The maximum atomic E-state index is 13.7. The molecule has 5 nitrogen and oxygen atoms in total. The van der Waals surface area contributed by atoms with Crippen molar-refractivity contribution in [2.24, 2.45) is 0 Å². The van der Waals surface area contributed by atoms with Crippen LogP contribution in [0.5, 0.6) is 0 Å². The van der Waals surface area contributed by atoms with Gasteiger partial charge in [0.2, 0.25) is 0 Å². The van der Waals surface area contributed by atoms with Gasteiger partial charge >= 0.3 is 5.97 Å². The minimum absolute atomic E-state index is 0.139. The van der Waals surface area contributed by atoms with Gasteiger partial charge in [-0.1, -0.05) is 6.07 Å². The molecule has 1 amide bonds. The smallest absolute Gasteiger partial charge is 0.328 e. The van der Waals surface area contributed by atoms with E-state index in [0.717, 1.165) is 12.1 Å². The Morgan fingerprint density at radius 2 is 2.15 bits per heavy atom. The molecule has 0 radical (unpaired) electrons. The first-order valence-corrected chi connectivity index (χ1v) is 7.41. The molecule has 0 saturated heterocycles. The van der Waals surface area contributed by atoms with E-state index >= 15 is 0 Å². The second kappa shape index (κ2) is 7.54. The number of carboxylic acids is 1. The minimum atomic E-state index is -1.14. The first-order chi connectivity index (χ1) is 9.40. The van der Waals surface area contributed by atoms with E-state index in [-0.39, 0.29) is 12.1 Å². The van der Waals surface area contributed by atoms with Crippen LogP contribution in [0, 0.1) is 5.82 Å². The molecule has 0 aliphatic rings.